The lowest BCUT2D eigenvalue weighted by Crippen LogP contribution is -2.56. The van der Waals surface area contributed by atoms with Crippen LogP contribution < -0.4 is 5.32 Å². The Kier molecular flexibility index (Phi) is 5.09. The number of carbonyl (C=O) groups excluding carboxylic acids is 1. The SMILES string of the molecule is Cc1nn(CC(=O)N[C@@H](C)C23CC4CC(CC(C4)C2)C3)c(C)c1S(=O)(=O)N(C)C. The molecule has 29 heavy (non-hydrogen) atoms. The van der Waals surface area contributed by atoms with Crippen molar-refractivity contribution in [3.63, 3.8) is 0 Å². The van der Waals surface area contributed by atoms with Crippen LogP contribution in [0.25, 0.3) is 0 Å². The molecule has 1 aromatic rings. The van der Waals surface area contributed by atoms with Crippen LogP contribution in [0.5, 0.6) is 0 Å². The highest BCUT2D eigenvalue weighted by molar-refractivity contribution is 7.89. The van der Waals surface area contributed by atoms with Crippen molar-refractivity contribution in [3.05, 3.63) is 11.4 Å². The Labute approximate surface area is 174 Å². The van der Waals surface area contributed by atoms with E-state index in [1.54, 1.807) is 13.8 Å². The predicted molar refractivity (Wildman–Crippen MR) is 111 cm³/mol. The molecule has 4 bridgehead atoms. The van der Waals surface area contributed by atoms with Crippen LogP contribution in [-0.2, 0) is 21.4 Å². The molecule has 162 valence electrons. The van der Waals surface area contributed by atoms with Gasteiger partial charge in [-0.05, 0) is 82.5 Å². The Morgan fingerprint density at radius 2 is 1.69 bits per heavy atom. The van der Waals surface area contributed by atoms with E-state index < -0.39 is 10.0 Å². The van der Waals surface area contributed by atoms with E-state index in [4.69, 9.17) is 0 Å². The quantitative estimate of drug-likeness (QED) is 0.763. The van der Waals surface area contributed by atoms with Gasteiger partial charge in [0.05, 0.1) is 11.4 Å². The van der Waals surface area contributed by atoms with E-state index in [0.717, 1.165) is 17.8 Å². The molecule has 1 amide bonds. The molecule has 1 heterocycles. The van der Waals surface area contributed by atoms with Crippen molar-refractivity contribution in [3.8, 4) is 0 Å². The molecule has 4 aliphatic rings. The fraction of sp³-hybridized carbons (Fsp3) is 0.810. The molecule has 0 aliphatic heterocycles. The highest BCUT2D eigenvalue weighted by atomic mass is 32.2. The van der Waals surface area contributed by atoms with E-state index in [2.05, 4.69) is 17.3 Å². The zero-order valence-corrected chi connectivity index (χ0v) is 19.1. The van der Waals surface area contributed by atoms with Crippen molar-refractivity contribution in [1.29, 1.82) is 0 Å². The predicted octanol–water partition coefficient (Wildman–Crippen LogP) is 2.47. The summed E-state index contributed by atoms with van der Waals surface area (Å²) in [6.07, 6.45) is 7.88. The third-order valence-electron chi connectivity index (χ3n) is 7.73. The minimum Gasteiger partial charge on any atom is -0.351 e. The number of hydrogen-bond donors (Lipinski definition) is 1. The summed E-state index contributed by atoms with van der Waals surface area (Å²) >= 11 is 0. The third kappa shape index (κ3) is 3.52. The van der Waals surface area contributed by atoms with Gasteiger partial charge in [0, 0.05) is 20.1 Å². The summed E-state index contributed by atoms with van der Waals surface area (Å²) in [5.74, 6) is 2.44. The van der Waals surface area contributed by atoms with E-state index in [0.29, 0.717) is 11.4 Å². The van der Waals surface area contributed by atoms with Crippen molar-refractivity contribution in [1.82, 2.24) is 19.4 Å². The number of sulfonamides is 1. The number of hydrogen-bond acceptors (Lipinski definition) is 4. The lowest BCUT2D eigenvalue weighted by atomic mass is 9.48. The van der Waals surface area contributed by atoms with E-state index in [-0.39, 0.29) is 28.8 Å². The second kappa shape index (κ2) is 7.08. The molecule has 0 aromatic carbocycles. The third-order valence-corrected chi connectivity index (χ3v) is 9.80. The average Bonchev–Trinajstić information content (AvgIpc) is 2.87. The first kappa shape index (κ1) is 20.8. The van der Waals surface area contributed by atoms with Crippen LogP contribution in [0.3, 0.4) is 0 Å². The summed E-state index contributed by atoms with van der Waals surface area (Å²) in [5, 5.41) is 7.59. The first-order chi connectivity index (χ1) is 13.5. The summed E-state index contributed by atoms with van der Waals surface area (Å²) in [4.78, 5) is 13.0. The monoisotopic (exact) mass is 422 g/mol. The van der Waals surface area contributed by atoms with Crippen molar-refractivity contribution < 1.29 is 13.2 Å². The van der Waals surface area contributed by atoms with Crippen LogP contribution in [0.4, 0.5) is 0 Å². The number of nitrogens with one attached hydrogen (secondary N) is 1. The van der Waals surface area contributed by atoms with Gasteiger partial charge >= 0.3 is 0 Å². The molecule has 5 rings (SSSR count). The topological polar surface area (TPSA) is 84.3 Å². The molecule has 0 radical (unpaired) electrons. The molecule has 1 atom stereocenters. The van der Waals surface area contributed by atoms with Gasteiger partial charge in [-0.25, -0.2) is 12.7 Å². The second-order valence-corrected chi connectivity index (χ2v) is 12.1. The van der Waals surface area contributed by atoms with Gasteiger partial charge in [-0.1, -0.05) is 0 Å². The molecular formula is C21H34N4O3S. The Morgan fingerprint density at radius 3 is 2.17 bits per heavy atom. The Bertz CT molecular complexity index is 883. The van der Waals surface area contributed by atoms with E-state index in [1.165, 1.54) is 61.6 Å². The van der Waals surface area contributed by atoms with Crippen LogP contribution >= 0.6 is 0 Å². The summed E-state index contributed by atoms with van der Waals surface area (Å²) in [7, 11) is -0.578. The van der Waals surface area contributed by atoms with Crippen molar-refractivity contribution in [2.75, 3.05) is 14.1 Å². The molecule has 1 aromatic heterocycles. The summed E-state index contributed by atoms with van der Waals surface area (Å²) in [6.45, 7) is 5.60. The molecule has 4 aliphatic carbocycles. The number of amides is 1. The van der Waals surface area contributed by atoms with Crippen LogP contribution in [0.15, 0.2) is 4.90 Å². The number of carbonyl (C=O) groups is 1. The first-order valence-corrected chi connectivity index (χ1v) is 12.2. The standard InChI is InChI=1S/C21H34N4O3S/c1-13-20(29(27,28)24(4)5)14(2)25(23-13)12-19(26)22-15(3)21-9-16-6-17(10-21)8-18(7-16)11-21/h15-18H,6-12H2,1-5H3,(H,22,26)/t15-,16?,17?,18?,21?/m0/s1. The molecule has 0 saturated heterocycles. The minimum atomic E-state index is -3.59. The van der Waals surface area contributed by atoms with Crippen molar-refractivity contribution >= 4 is 15.9 Å². The lowest BCUT2D eigenvalue weighted by Gasteiger charge is -2.59. The summed E-state index contributed by atoms with van der Waals surface area (Å²) < 4.78 is 27.9. The van der Waals surface area contributed by atoms with Gasteiger partial charge in [-0.3, -0.25) is 9.48 Å². The molecule has 4 fully saturated rings. The summed E-state index contributed by atoms with van der Waals surface area (Å²) in [5.41, 5.74) is 1.19. The number of aryl methyl sites for hydroxylation is 1. The fourth-order valence-electron chi connectivity index (χ4n) is 6.67. The largest absolute Gasteiger partial charge is 0.351 e. The van der Waals surface area contributed by atoms with E-state index in [1.807, 2.05) is 0 Å². The highest BCUT2D eigenvalue weighted by Gasteiger charge is 2.53. The minimum absolute atomic E-state index is 0.0479. The number of aromatic nitrogens is 2. The van der Waals surface area contributed by atoms with Crippen LogP contribution in [-0.4, -0.2) is 48.5 Å². The first-order valence-electron chi connectivity index (χ1n) is 10.8. The van der Waals surface area contributed by atoms with Gasteiger partial charge in [0.2, 0.25) is 15.9 Å². The highest BCUT2D eigenvalue weighted by Crippen LogP contribution is 2.61. The zero-order chi connectivity index (χ0) is 21.1. The van der Waals surface area contributed by atoms with Crippen molar-refractivity contribution in [2.45, 2.75) is 76.8 Å². The normalized spacial score (nSPS) is 32.0. The van der Waals surface area contributed by atoms with Crippen LogP contribution in [0, 0.1) is 37.0 Å². The average molecular weight is 423 g/mol. The van der Waals surface area contributed by atoms with Gasteiger partial charge in [0.15, 0.2) is 0 Å². The van der Waals surface area contributed by atoms with Gasteiger partial charge in [0.25, 0.3) is 0 Å². The molecule has 7 nitrogen and oxygen atoms in total. The van der Waals surface area contributed by atoms with Gasteiger partial charge in [-0.15, -0.1) is 0 Å². The van der Waals surface area contributed by atoms with Gasteiger partial charge in [0.1, 0.15) is 11.4 Å². The Hall–Kier alpha value is -1.41. The molecular weight excluding hydrogens is 388 g/mol. The molecule has 4 saturated carbocycles. The lowest BCUT2D eigenvalue weighted by molar-refractivity contribution is -0.126. The smallest absolute Gasteiger partial charge is 0.246 e. The molecule has 0 unspecified atom stereocenters. The number of nitrogens with zero attached hydrogens (tertiary/aromatic N) is 3. The summed E-state index contributed by atoms with van der Waals surface area (Å²) in [6, 6.07) is 0.144. The van der Waals surface area contributed by atoms with Crippen LogP contribution in [0.1, 0.15) is 56.8 Å². The maximum absolute atomic E-state index is 12.8. The van der Waals surface area contributed by atoms with Crippen molar-refractivity contribution in [2.24, 2.45) is 23.2 Å². The molecule has 8 heteroatoms. The molecule has 0 spiro atoms. The maximum Gasteiger partial charge on any atom is 0.246 e. The zero-order valence-electron chi connectivity index (χ0n) is 18.2. The Balaban J connectivity index is 1.47. The maximum atomic E-state index is 12.8. The fourth-order valence-corrected chi connectivity index (χ4v) is 7.93. The van der Waals surface area contributed by atoms with E-state index in [9.17, 15) is 13.2 Å². The van der Waals surface area contributed by atoms with Gasteiger partial charge in [-0.2, -0.15) is 5.10 Å². The Morgan fingerprint density at radius 1 is 1.17 bits per heavy atom. The number of rotatable bonds is 6. The van der Waals surface area contributed by atoms with Crippen LogP contribution in [0.2, 0.25) is 0 Å². The molecule has 1 N–H and O–H groups in total. The second-order valence-electron chi connectivity index (χ2n) is 10.0. The van der Waals surface area contributed by atoms with Gasteiger partial charge < -0.3 is 5.32 Å². The van der Waals surface area contributed by atoms with E-state index >= 15 is 0 Å².